The van der Waals surface area contributed by atoms with E-state index in [0.717, 1.165) is 16.9 Å². The fraction of sp³-hybridized carbons (Fsp3) is 0.364. The zero-order valence-corrected chi connectivity index (χ0v) is 9.19. The molecular formula is C11H15N3O. The molecule has 2 rings (SSSR count). The molecule has 0 aliphatic carbocycles. The summed E-state index contributed by atoms with van der Waals surface area (Å²) in [5.74, 6) is 0.943. The lowest BCUT2D eigenvalue weighted by atomic mass is 10.0. The summed E-state index contributed by atoms with van der Waals surface area (Å²) in [6, 6.07) is 2.14. The first-order chi connectivity index (χ1) is 7.22. The third kappa shape index (κ3) is 1.80. The van der Waals surface area contributed by atoms with Gasteiger partial charge in [-0.1, -0.05) is 0 Å². The average Bonchev–Trinajstić information content (AvgIpc) is 2.79. The van der Waals surface area contributed by atoms with Crippen molar-refractivity contribution in [3.63, 3.8) is 0 Å². The van der Waals surface area contributed by atoms with Crippen molar-refractivity contribution < 1.29 is 4.42 Å². The molecule has 0 aliphatic heterocycles. The second-order valence-electron chi connectivity index (χ2n) is 3.60. The van der Waals surface area contributed by atoms with Gasteiger partial charge in [-0.3, -0.25) is 4.68 Å². The van der Waals surface area contributed by atoms with Gasteiger partial charge < -0.3 is 9.73 Å². The Bertz CT molecular complexity index is 444. The summed E-state index contributed by atoms with van der Waals surface area (Å²) < 4.78 is 7.11. The Balaban J connectivity index is 2.36. The molecule has 1 atom stereocenters. The van der Waals surface area contributed by atoms with E-state index in [2.05, 4.69) is 10.4 Å². The Morgan fingerprint density at radius 1 is 1.53 bits per heavy atom. The van der Waals surface area contributed by atoms with Crippen molar-refractivity contribution in [2.24, 2.45) is 7.05 Å². The first-order valence-electron chi connectivity index (χ1n) is 4.92. The van der Waals surface area contributed by atoms with E-state index in [1.54, 1.807) is 10.9 Å². The van der Waals surface area contributed by atoms with E-state index in [-0.39, 0.29) is 6.04 Å². The highest BCUT2D eigenvalue weighted by atomic mass is 16.3. The SMILES string of the molecule is CNC(c1cnn(C)c1)c1ccoc1C. The zero-order valence-electron chi connectivity index (χ0n) is 9.19. The van der Waals surface area contributed by atoms with Gasteiger partial charge in [-0.2, -0.15) is 5.10 Å². The Morgan fingerprint density at radius 2 is 2.33 bits per heavy atom. The van der Waals surface area contributed by atoms with Crippen LogP contribution < -0.4 is 5.32 Å². The van der Waals surface area contributed by atoms with Crippen LogP contribution in [0.15, 0.2) is 29.1 Å². The molecule has 4 heteroatoms. The number of aromatic nitrogens is 2. The molecule has 0 amide bonds. The summed E-state index contributed by atoms with van der Waals surface area (Å²) in [6.45, 7) is 1.97. The van der Waals surface area contributed by atoms with Crippen LogP contribution in [0.4, 0.5) is 0 Å². The number of furan rings is 1. The van der Waals surface area contributed by atoms with Gasteiger partial charge in [-0.25, -0.2) is 0 Å². The highest BCUT2D eigenvalue weighted by Crippen LogP contribution is 2.24. The van der Waals surface area contributed by atoms with Crippen LogP contribution in [0.3, 0.4) is 0 Å². The highest BCUT2D eigenvalue weighted by molar-refractivity contribution is 5.30. The van der Waals surface area contributed by atoms with E-state index >= 15 is 0 Å². The zero-order chi connectivity index (χ0) is 10.8. The van der Waals surface area contributed by atoms with Gasteiger partial charge in [0.25, 0.3) is 0 Å². The first-order valence-corrected chi connectivity index (χ1v) is 4.92. The van der Waals surface area contributed by atoms with Gasteiger partial charge in [-0.15, -0.1) is 0 Å². The fourth-order valence-electron chi connectivity index (χ4n) is 1.79. The molecule has 0 bridgehead atoms. The van der Waals surface area contributed by atoms with Crippen LogP contribution in [0.5, 0.6) is 0 Å². The number of nitrogens with zero attached hydrogens (tertiary/aromatic N) is 2. The number of hydrogen-bond donors (Lipinski definition) is 1. The maximum absolute atomic E-state index is 5.31. The van der Waals surface area contributed by atoms with Crippen molar-refractivity contribution in [1.82, 2.24) is 15.1 Å². The third-order valence-corrected chi connectivity index (χ3v) is 2.56. The molecule has 0 aromatic carbocycles. The molecule has 1 unspecified atom stereocenters. The molecule has 15 heavy (non-hydrogen) atoms. The van der Waals surface area contributed by atoms with E-state index < -0.39 is 0 Å². The minimum absolute atomic E-state index is 0.150. The predicted molar refractivity (Wildman–Crippen MR) is 57.6 cm³/mol. The van der Waals surface area contributed by atoms with E-state index in [4.69, 9.17) is 4.42 Å². The van der Waals surface area contributed by atoms with Gasteiger partial charge in [0.1, 0.15) is 5.76 Å². The Kier molecular flexibility index (Phi) is 2.60. The van der Waals surface area contributed by atoms with Gasteiger partial charge in [0.05, 0.1) is 18.5 Å². The van der Waals surface area contributed by atoms with Crippen molar-refractivity contribution in [3.8, 4) is 0 Å². The van der Waals surface area contributed by atoms with Crippen molar-refractivity contribution in [1.29, 1.82) is 0 Å². The highest BCUT2D eigenvalue weighted by Gasteiger charge is 2.17. The van der Waals surface area contributed by atoms with Gasteiger partial charge in [0.2, 0.25) is 0 Å². The van der Waals surface area contributed by atoms with Crippen LogP contribution in [-0.2, 0) is 7.05 Å². The number of nitrogens with one attached hydrogen (secondary N) is 1. The second kappa shape index (κ2) is 3.90. The molecular weight excluding hydrogens is 190 g/mol. The lowest BCUT2D eigenvalue weighted by molar-refractivity contribution is 0.523. The maximum Gasteiger partial charge on any atom is 0.105 e. The quantitative estimate of drug-likeness (QED) is 0.828. The molecule has 0 saturated carbocycles. The number of aryl methyl sites for hydroxylation is 2. The third-order valence-electron chi connectivity index (χ3n) is 2.56. The molecule has 4 nitrogen and oxygen atoms in total. The lowest BCUT2D eigenvalue weighted by Crippen LogP contribution is -2.17. The van der Waals surface area contributed by atoms with Crippen LogP contribution in [-0.4, -0.2) is 16.8 Å². The summed E-state index contributed by atoms with van der Waals surface area (Å²) >= 11 is 0. The predicted octanol–water partition coefficient (Wildman–Crippen LogP) is 1.63. The van der Waals surface area contributed by atoms with Gasteiger partial charge >= 0.3 is 0 Å². The summed E-state index contributed by atoms with van der Waals surface area (Å²) in [5, 5.41) is 7.43. The molecule has 0 saturated heterocycles. The van der Waals surface area contributed by atoms with Crippen molar-refractivity contribution in [2.45, 2.75) is 13.0 Å². The summed E-state index contributed by atoms with van der Waals surface area (Å²) in [6.07, 6.45) is 5.59. The first kappa shape index (κ1) is 9.98. The molecule has 0 spiro atoms. The Morgan fingerprint density at radius 3 is 2.80 bits per heavy atom. The summed E-state index contributed by atoms with van der Waals surface area (Å²) in [5.41, 5.74) is 2.30. The van der Waals surface area contributed by atoms with Gasteiger partial charge in [0.15, 0.2) is 0 Å². The average molecular weight is 205 g/mol. The summed E-state index contributed by atoms with van der Waals surface area (Å²) in [4.78, 5) is 0. The summed E-state index contributed by atoms with van der Waals surface area (Å²) in [7, 11) is 3.85. The van der Waals surface area contributed by atoms with Crippen molar-refractivity contribution >= 4 is 0 Å². The van der Waals surface area contributed by atoms with Crippen LogP contribution in [0.1, 0.15) is 22.9 Å². The van der Waals surface area contributed by atoms with E-state index in [0.29, 0.717) is 0 Å². The normalized spacial score (nSPS) is 13.0. The monoisotopic (exact) mass is 205 g/mol. The Labute approximate surface area is 88.9 Å². The van der Waals surface area contributed by atoms with Crippen LogP contribution in [0.25, 0.3) is 0 Å². The minimum Gasteiger partial charge on any atom is -0.469 e. The molecule has 1 N–H and O–H groups in total. The van der Waals surface area contributed by atoms with E-state index in [1.807, 2.05) is 39.5 Å². The second-order valence-corrected chi connectivity index (χ2v) is 3.60. The number of rotatable bonds is 3. The van der Waals surface area contributed by atoms with Crippen LogP contribution in [0, 0.1) is 6.92 Å². The molecule has 80 valence electrons. The largest absolute Gasteiger partial charge is 0.469 e. The molecule has 0 radical (unpaired) electrons. The standard InChI is InChI=1S/C11H15N3O/c1-8-10(4-5-15-8)11(12-2)9-6-13-14(3)7-9/h4-7,11-12H,1-3H3. The lowest BCUT2D eigenvalue weighted by Gasteiger charge is -2.13. The minimum atomic E-state index is 0.150. The van der Waals surface area contributed by atoms with E-state index in [9.17, 15) is 0 Å². The van der Waals surface area contributed by atoms with Crippen molar-refractivity contribution in [2.75, 3.05) is 7.05 Å². The number of hydrogen-bond acceptors (Lipinski definition) is 3. The smallest absolute Gasteiger partial charge is 0.105 e. The molecule has 2 aromatic heterocycles. The molecule has 2 aromatic rings. The molecule has 0 fully saturated rings. The van der Waals surface area contributed by atoms with Crippen molar-refractivity contribution in [3.05, 3.63) is 41.6 Å². The van der Waals surface area contributed by atoms with E-state index in [1.165, 1.54) is 0 Å². The topological polar surface area (TPSA) is 43.0 Å². The maximum atomic E-state index is 5.31. The van der Waals surface area contributed by atoms with Gasteiger partial charge in [-0.05, 0) is 20.0 Å². The van der Waals surface area contributed by atoms with Crippen LogP contribution in [0.2, 0.25) is 0 Å². The Hall–Kier alpha value is -1.55. The molecule has 0 aliphatic rings. The molecule has 2 heterocycles. The fourth-order valence-corrected chi connectivity index (χ4v) is 1.79. The van der Waals surface area contributed by atoms with Gasteiger partial charge in [0, 0.05) is 24.4 Å². The van der Waals surface area contributed by atoms with Crippen LogP contribution >= 0.6 is 0 Å².